The van der Waals surface area contributed by atoms with Crippen molar-refractivity contribution in [1.29, 1.82) is 0 Å². The molecular weight excluding hydrogens is 322 g/mol. The van der Waals surface area contributed by atoms with Gasteiger partial charge >= 0.3 is 0 Å². The summed E-state index contributed by atoms with van der Waals surface area (Å²) in [4.78, 5) is 28.7. The van der Waals surface area contributed by atoms with Crippen LogP contribution < -0.4 is 9.64 Å². The minimum absolute atomic E-state index is 0.0124. The second-order valence-corrected chi connectivity index (χ2v) is 5.86. The molecule has 0 N–H and O–H groups in total. The van der Waals surface area contributed by atoms with Crippen LogP contribution in [-0.4, -0.2) is 29.0 Å². The molecule has 25 heavy (non-hydrogen) atoms. The van der Waals surface area contributed by atoms with E-state index in [4.69, 9.17) is 4.74 Å². The highest BCUT2D eigenvalue weighted by Crippen LogP contribution is 2.31. The van der Waals surface area contributed by atoms with Gasteiger partial charge in [-0.1, -0.05) is 6.07 Å². The quantitative estimate of drug-likeness (QED) is 0.458. The molecule has 1 aliphatic rings. The molecule has 0 bridgehead atoms. The monoisotopic (exact) mass is 341 g/mol. The van der Waals surface area contributed by atoms with Crippen molar-refractivity contribution >= 4 is 17.3 Å². The lowest BCUT2D eigenvalue weighted by Gasteiger charge is -2.29. The van der Waals surface area contributed by atoms with E-state index < -0.39 is 4.92 Å². The highest BCUT2D eigenvalue weighted by molar-refractivity contribution is 5.95. The van der Waals surface area contributed by atoms with E-state index in [1.54, 1.807) is 29.4 Å². The average molecular weight is 341 g/mol. The highest BCUT2D eigenvalue weighted by Gasteiger charge is 2.24. The number of amides is 1. The number of aromatic nitrogens is 1. The lowest BCUT2D eigenvalue weighted by molar-refractivity contribution is -0.384. The maximum Gasteiger partial charge on any atom is 0.271 e. The van der Waals surface area contributed by atoms with Gasteiger partial charge in [0.2, 0.25) is 5.91 Å². The van der Waals surface area contributed by atoms with Gasteiger partial charge < -0.3 is 9.64 Å². The van der Waals surface area contributed by atoms with E-state index in [2.05, 4.69) is 4.98 Å². The van der Waals surface area contributed by atoms with Crippen LogP contribution >= 0.6 is 0 Å². The van der Waals surface area contributed by atoms with Gasteiger partial charge in [-0.15, -0.1) is 0 Å². The molecule has 0 unspecified atom stereocenters. The normalized spacial score (nSPS) is 13.2. The summed E-state index contributed by atoms with van der Waals surface area (Å²) in [6.45, 7) is 1.02. The van der Waals surface area contributed by atoms with E-state index in [0.717, 1.165) is 18.4 Å². The van der Waals surface area contributed by atoms with Crippen molar-refractivity contribution in [3.63, 3.8) is 0 Å². The molecule has 1 aliphatic heterocycles. The molecular formula is C18H19N3O4. The molecule has 0 aliphatic carbocycles. The van der Waals surface area contributed by atoms with E-state index in [0.29, 0.717) is 37.4 Å². The number of pyridine rings is 1. The molecule has 0 spiro atoms. The molecule has 0 atom stereocenters. The third-order valence-electron chi connectivity index (χ3n) is 4.14. The maximum atomic E-state index is 12.5. The molecule has 0 saturated carbocycles. The summed E-state index contributed by atoms with van der Waals surface area (Å²) in [7, 11) is 0. The number of rotatable bonds is 6. The fraction of sp³-hybridized carbons (Fsp3) is 0.333. The van der Waals surface area contributed by atoms with Gasteiger partial charge in [0.25, 0.3) is 5.69 Å². The van der Waals surface area contributed by atoms with Gasteiger partial charge in [0.05, 0.1) is 23.4 Å². The minimum atomic E-state index is -0.431. The van der Waals surface area contributed by atoms with Gasteiger partial charge in [-0.2, -0.15) is 0 Å². The number of aryl methyl sites for hydroxylation is 1. The molecule has 2 heterocycles. The molecule has 1 aromatic carbocycles. The second-order valence-electron chi connectivity index (χ2n) is 5.86. The fourth-order valence-electron chi connectivity index (χ4n) is 2.92. The van der Waals surface area contributed by atoms with E-state index in [1.165, 1.54) is 12.1 Å². The molecule has 1 aromatic heterocycles. The molecule has 130 valence electrons. The topological polar surface area (TPSA) is 85.6 Å². The highest BCUT2D eigenvalue weighted by atomic mass is 16.6. The molecule has 1 amide bonds. The Kier molecular flexibility index (Phi) is 5.23. The number of fused-ring (bicyclic) bond motifs is 1. The van der Waals surface area contributed by atoms with E-state index >= 15 is 0 Å². The summed E-state index contributed by atoms with van der Waals surface area (Å²) in [6, 6.07) is 8.35. The van der Waals surface area contributed by atoms with Crippen molar-refractivity contribution < 1.29 is 14.5 Å². The van der Waals surface area contributed by atoms with Crippen LogP contribution in [0.4, 0.5) is 11.4 Å². The number of carbonyl (C=O) groups excluding carboxylic acids is 1. The van der Waals surface area contributed by atoms with Crippen LogP contribution in [0, 0.1) is 10.1 Å². The van der Waals surface area contributed by atoms with Crippen molar-refractivity contribution in [1.82, 2.24) is 4.98 Å². The lowest BCUT2D eigenvalue weighted by atomic mass is 10.0. The number of ether oxygens (including phenoxy) is 1. The molecule has 0 saturated heterocycles. The zero-order valence-corrected chi connectivity index (χ0v) is 13.8. The van der Waals surface area contributed by atoms with Crippen molar-refractivity contribution in [2.75, 3.05) is 18.1 Å². The third-order valence-corrected chi connectivity index (χ3v) is 4.14. The summed E-state index contributed by atoms with van der Waals surface area (Å²) in [5.74, 6) is 0.644. The van der Waals surface area contributed by atoms with Gasteiger partial charge in [0, 0.05) is 31.3 Å². The Balaban J connectivity index is 1.59. The van der Waals surface area contributed by atoms with Gasteiger partial charge in [-0.05, 0) is 37.0 Å². The summed E-state index contributed by atoms with van der Waals surface area (Å²) in [6.07, 6.45) is 5.91. The Morgan fingerprint density at radius 3 is 3.00 bits per heavy atom. The molecule has 0 fully saturated rings. The predicted molar refractivity (Wildman–Crippen MR) is 92.7 cm³/mol. The molecule has 7 heteroatoms. The van der Waals surface area contributed by atoms with Gasteiger partial charge in [0.1, 0.15) is 5.75 Å². The Bertz CT molecular complexity index is 764. The summed E-state index contributed by atoms with van der Waals surface area (Å²) < 4.78 is 5.54. The smallest absolute Gasteiger partial charge is 0.271 e. The first kappa shape index (κ1) is 16.9. The standard InChI is InChI=1S/C18H19N3O4/c22-18(6-3-11-25-16-5-1-9-19-13-16)20-10-2-4-14-7-8-15(21(23)24)12-17(14)20/h1,5,7-9,12-13H,2-4,6,10-11H2. The van der Waals surface area contributed by atoms with Crippen molar-refractivity contribution in [3.8, 4) is 5.75 Å². The average Bonchev–Trinajstić information content (AvgIpc) is 2.65. The SMILES string of the molecule is O=C(CCCOc1cccnc1)N1CCCc2ccc([N+](=O)[O-])cc21. The maximum absolute atomic E-state index is 12.5. The van der Waals surface area contributed by atoms with E-state index in [1.807, 2.05) is 6.07 Å². The first-order valence-electron chi connectivity index (χ1n) is 8.25. The molecule has 0 radical (unpaired) electrons. The number of non-ortho nitro benzene ring substituents is 1. The van der Waals surface area contributed by atoms with Crippen LogP contribution in [0.15, 0.2) is 42.7 Å². The fourth-order valence-corrected chi connectivity index (χ4v) is 2.92. The molecule has 2 aromatic rings. The van der Waals surface area contributed by atoms with Crippen LogP contribution in [0.3, 0.4) is 0 Å². The van der Waals surface area contributed by atoms with Crippen LogP contribution in [0.2, 0.25) is 0 Å². The molecule has 3 rings (SSSR count). The van der Waals surface area contributed by atoms with E-state index in [9.17, 15) is 14.9 Å². The number of nitro benzene ring substituents is 1. The van der Waals surface area contributed by atoms with Gasteiger partial charge in [-0.25, -0.2) is 0 Å². The summed E-state index contributed by atoms with van der Waals surface area (Å²) >= 11 is 0. The van der Waals surface area contributed by atoms with Gasteiger partial charge in [0.15, 0.2) is 0 Å². The Hall–Kier alpha value is -2.96. The zero-order valence-electron chi connectivity index (χ0n) is 13.8. The van der Waals surface area contributed by atoms with E-state index in [-0.39, 0.29) is 11.6 Å². The predicted octanol–water partition coefficient (Wildman–Crippen LogP) is 3.13. The van der Waals surface area contributed by atoms with Crippen LogP contribution in [0.1, 0.15) is 24.8 Å². The lowest BCUT2D eigenvalue weighted by Crippen LogP contribution is -2.35. The molecule has 7 nitrogen and oxygen atoms in total. The Morgan fingerprint density at radius 2 is 2.24 bits per heavy atom. The van der Waals surface area contributed by atoms with Crippen LogP contribution in [0.5, 0.6) is 5.75 Å². The van der Waals surface area contributed by atoms with Crippen molar-refractivity contribution in [2.45, 2.75) is 25.7 Å². The van der Waals surface area contributed by atoms with Crippen molar-refractivity contribution in [3.05, 3.63) is 58.4 Å². The number of hydrogen-bond donors (Lipinski definition) is 0. The summed E-state index contributed by atoms with van der Waals surface area (Å²) in [5.41, 5.74) is 1.66. The largest absolute Gasteiger partial charge is 0.492 e. The summed E-state index contributed by atoms with van der Waals surface area (Å²) in [5, 5.41) is 11.0. The number of hydrogen-bond acceptors (Lipinski definition) is 5. The van der Waals surface area contributed by atoms with Gasteiger partial charge in [-0.3, -0.25) is 19.9 Å². The number of anilines is 1. The number of nitrogens with zero attached hydrogens (tertiary/aromatic N) is 3. The second kappa shape index (κ2) is 7.74. The number of carbonyl (C=O) groups is 1. The van der Waals surface area contributed by atoms with Crippen LogP contribution in [-0.2, 0) is 11.2 Å². The van der Waals surface area contributed by atoms with Crippen molar-refractivity contribution in [2.24, 2.45) is 0 Å². The van der Waals surface area contributed by atoms with Crippen LogP contribution in [0.25, 0.3) is 0 Å². The number of nitro groups is 1. The first-order valence-corrected chi connectivity index (χ1v) is 8.25. The number of benzene rings is 1. The third kappa shape index (κ3) is 4.12. The Morgan fingerprint density at radius 1 is 1.36 bits per heavy atom. The first-order chi connectivity index (χ1) is 12.1. The Labute approximate surface area is 145 Å². The minimum Gasteiger partial charge on any atom is -0.492 e. The zero-order chi connectivity index (χ0) is 17.6.